The summed E-state index contributed by atoms with van der Waals surface area (Å²) in [5.74, 6) is -11.8. The van der Waals surface area contributed by atoms with Gasteiger partial charge in [0.05, 0.1) is 0 Å². The molecule has 0 unspecified atom stereocenters. The fourth-order valence-corrected chi connectivity index (χ4v) is 1.55. The molecule has 50 heavy (non-hydrogen) atoms. The average molecular weight is 1350 g/mol. The minimum absolute atomic E-state index is 0.00694. The van der Waals surface area contributed by atoms with E-state index in [-0.39, 0.29) is 52.5 Å². The molecule has 1 saturated heterocycles. The van der Waals surface area contributed by atoms with Crippen LogP contribution in [0.4, 0.5) is 0 Å². The first-order chi connectivity index (χ1) is 23.7. The van der Waals surface area contributed by atoms with Crippen LogP contribution in [0.2, 0.25) is 0 Å². The molecule has 1 aliphatic heterocycles. The Kier molecular flexibility index (Phi) is 72.9. The van der Waals surface area contributed by atoms with E-state index in [1.807, 2.05) is 0 Å². The molecule has 0 bridgehead atoms. The molecule has 0 aromatic heterocycles. The molecule has 0 saturated carbocycles. The van der Waals surface area contributed by atoms with Crippen LogP contribution >= 0.6 is 116 Å². The van der Waals surface area contributed by atoms with Gasteiger partial charge in [0.1, 0.15) is 52.9 Å². The Morgan fingerprint density at radius 3 is 0.420 bits per heavy atom. The Bertz CT molecular complexity index is 720. The summed E-state index contributed by atoms with van der Waals surface area (Å²) in [7, 11) is 58.1. The summed E-state index contributed by atoms with van der Waals surface area (Å²) in [5, 5.41) is 0. The summed E-state index contributed by atoms with van der Waals surface area (Å²) >= 11 is -1.62. The Morgan fingerprint density at radius 2 is 0.360 bits per heavy atom. The van der Waals surface area contributed by atoms with Crippen LogP contribution in [0.1, 0.15) is 0 Å². The van der Waals surface area contributed by atoms with Gasteiger partial charge in [0.2, 0.25) is 0 Å². The van der Waals surface area contributed by atoms with Gasteiger partial charge in [-0.15, -0.1) is 0 Å². The van der Waals surface area contributed by atoms with Crippen molar-refractivity contribution in [3.05, 3.63) is 0 Å². The molecule has 34 heteroatoms. The number of carbonyl (C=O) groups excluding carboxylic acids is 8. The van der Waals surface area contributed by atoms with Crippen molar-refractivity contribution in [3.8, 4) is 0 Å². The van der Waals surface area contributed by atoms with E-state index >= 15 is 0 Å². The quantitative estimate of drug-likeness (QED) is 0.146. The molecule has 16 nitrogen and oxygen atoms in total. The van der Waals surface area contributed by atoms with E-state index in [2.05, 4.69) is 37.9 Å². The van der Waals surface area contributed by atoms with Crippen LogP contribution in [0.5, 0.6) is 0 Å². The summed E-state index contributed by atoms with van der Waals surface area (Å²) in [6.45, 7) is -4.94. The number of hydrogen-bond donors (Lipinski definition) is 0. The average Bonchev–Trinajstić information content (AvgIpc) is 3.06. The standard InChI is InChI=1S/C16H16O16.12ClH.4Mn.2Sn/c17-9-10(18)27-3-4-29-13(21)14(22)31-7-8-32-16(24)15(23)30-6-5-28-12(20)11(19)26-2-1-25-9;;;;;;;;;;;;;;;;;;/h1-8H2;12*1H;;;;;;/q;;;;;;;;;;;;;6*+2/p-12. The zero-order chi connectivity index (χ0) is 40.2. The first-order valence-electron chi connectivity index (χ1n) is 10.5. The molecule has 0 aromatic rings. The first kappa shape index (κ1) is 64.8. The summed E-state index contributed by atoms with van der Waals surface area (Å²) in [5.41, 5.74) is 0. The van der Waals surface area contributed by atoms with Gasteiger partial charge >= 0.3 is 255 Å². The molecule has 0 amide bonds. The number of esters is 8. The Balaban J connectivity index is -0.000000224. The molecule has 1 aliphatic rings. The van der Waals surface area contributed by atoms with Crippen molar-refractivity contribution >= 4 is 202 Å². The SMILES string of the molecule is O=C1OCCOC(=O)C(=O)OCCOC(=O)C(=O)OCCOC(=O)C(=O)OCCOC1=O.[Cl][Mn][Cl].[Cl][Mn][Cl].[Cl][Mn][Cl].[Cl][Mn][Cl].[Cl][Sn][Cl].[Cl][Sn][Cl]. The second-order valence-corrected chi connectivity index (χ2v) is 21.7. The zero-order valence-electron chi connectivity index (χ0n) is 23.2. The molecule has 4 radical (unpaired) electrons. The predicted octanol–water partition coefficient (Wildman–Crippen LogP) is 3.85. The molecular formula is C16H16Cl12Mn4O16Sn2. The van der Waals surface area contributed by atoms with Gasteiger partial charge in [-0.2, -0.15) is 0 Å². The molecular weight excluding hydrogens is 1330 g/mol. The van der Waals surface area contributed by atoms with Crippen LogP contribution in [0.15, 0.2) is 0 Å². The maximum atomic E-state index is 11.3. The second kappa shape index (κ2) is 56.2. The predicted molar refractivity (Wildman–Crippen MR) is 169 cm³/mol. The van der Waals surface area contributed by atoms with E-state index in [1.165, 1.54) is 0 Å². The Morgan fingerprint density at radius 1 is 0.300 bits per heavy atom. The van der Waals surface area contributed by atoms with Crippen molar-refractivity contribution in [3.63, 3.8) is 0 Å². The number of halogens is 12. The molecule has 0 aliphatic carbocycles. The van der Waals surface area contributed by atoms with Crippen molar-refractivity contribution in [2.75, 3.05) is 52.9 Å². The number of hydrogen-bond acceptors (Lipinski definition) is 16. The second-order valence-electron chi connectivity index (χ2n) is 5.45. The molecule has 0 aromatic carbocycles. The van der Waals surface area contributed by atoms with Gasteiger partial charge in [0.15, 0.2) is 0 Å². The van der Waals surface area contributed by atoms with Gasteiger partial charge in [0.25, 0.3) is 0 Å². The number of cyclic esters (lactones) is 8. The van der Waals surface area contributed by atoms with E-state index in [0.717, 1.165) is 0 Å². The maximum absolute atomic E-state index is 11.3. The van der Waals surface area contributed by atoms with Gasteiger partial charge in [-0.1, -0.05) is 0 Å². The van der Waals surface area contributed by atoms with Crippen molar-refractivity contribution < 1.29 is 129 Å². The van der Waals surface area contributed by atoms with E-state index in [1.54, 1.807) is 0 Å². The Labute approximate surface area is 378 Å². The summed E-state index contributed by atoms with van der Waals surface area (Å²) in [6, 6.07) is 0. The van der Waals surface area contributed by atoms with Gasteiger partial charge in [-0.25, -0.2) is 38.4 Å². The van der Waals surface area contributed by atoms with E-state index < -0.39 is 138 Å². The third-order valence-electron chi connectivity index (χ3n) is 2.87. The minimum atomic E-state index is -1.47. The molecule has 1 rings (SSSR count). The van der Waals surface area contributed by atoms with Crippen LogP contribution in [0, 0.1) is 0 Å². The number of rotatable bonds is 0. The molecule has 296 valence electrons. The summed E-state index contributed by atoms with van der Waals surface area (Å²) < 4.78 is 35.3. The first-order valence-corrected chi connectivity index (χ1v) is 37.9. The van der Waals surface area contributed by atoms with Gasteiger partial charge < -0.3 is 37.9 Å². The summed E-state index contributed by atoms with van der Waals surface area (Å²) in [6.07, 6.45) is 0. The van der Waals surface area contributed by atoms with E-state index in [0.29, 0.717) is 0 Å². The molecule has 0 atom stereocenters. The van der Waals surface area contributed by atoms with Crippen LogP contribution in [-0.2, 0) is 129 Å². The molecule has 0 spiro atoms. The van der Waals surface area contributed by atoms with Crippen molar-refractivity contribution in [1.29, 1.82) is 0 Å². The van der Waals surface area contributed by atoms with Gasteiger partial charge in [0, 0.05) is 0 Å². The normalized spacial score (nSPS) is 14.6. The topological polar surface area (TPSA) is 210 Å². The van der Waals surface area contributed by atoms with Crippen LogP contribution in [-0.4, -0.2) is 138 Å². The van der Waals surface area contributed by atoms with Crippen molar-refractivity contribution in [2.45, 2.75) is 0 Å². The molecule has 1 fully saturated rings. The monoisotopic (exact) mass is 1340 g/mol. The molecule has 0 N–H and O–H groups in total. The Hall–Kier alpha value is 2.92. The van der Waals surface area contributed by atoms with Crippen LogP contribution in [0.25, 0.3) is 0 Å². The molecule has 1 heterocycles. The fourth-order valence-electron chi connectivity index (χ4n) is 1.55. The third kappa shape index (κ3) is 57.6. The summed E-state index contributed by atoms with van der Waals surface area (Å²) in [4.78, 5) is 90.8. The van der Waals surface area contributed by atoms with E-state index in [4.69, 9.17) is 116 Å². The van der Waals surface area contributed by atoms with Gasteiger partial charge in [-0.05, 0) is 0 Å². The van der Waals surface area contributed by atoms with Crippen molar-refractivity contribution in [1.82, 2.24) is 0 Å². The zero-order valence-corrected chi connectivity index (χ0v) is 42.7. The van der Waals surface area contributed by atoms with Crippen LogP contribution in [0.3, 0.4) is 0 Å². The van der Waals surface area contributed by atoms with E-state index in [9.17, 15) is 38.4 Å². The third-order valence-corrected chi connectivity index (χ3v) is 2.87. The van der Waals surface area contributed by atoms with Crippen molar-refractivity contribution in [2.24, 2.45) is 0 Å². The van der Waals surface area contributed by atoms with Gasteiger partial charge in [-0.3, -0.25) is 0 Å². The fraction of sp³-hybridized carbons (Fsp3) is 0.500. The van der Waals surface area contributed by atoms with Crippen LogP contribution < -0.4 is 0 Å². The number of carbonyl (C=O) groups is 8. The number of ether oxygens (including phenoxy) is 8.